The second-order valence-electron chi connectivity index (χ2n) is 4.77. The number of aliphatic hydroxyl groups is 1. The molecule has 0 heterocycles. The average Bonchev–Trinajstić information content (AvgIpc) is 2.34. The van der Waals surface area contributed by atoms with E-state index in [9.17, 15) is 13.2 Å². The van der Waals surface area contributed by atoms with Gasteiger partial charge in [-0.25, -0.2) is 13.1 Å². The molecule has 20 heavy (non-hydrogen) atoms. The molecule has 0 radical (unpaired) electrons. The van der Waals surface area contributed by atoms with E-state index < -0.39 is 10.0 Å². The molecular weight excluding hydrogens is 280 g/mol. The van der Waals surface area contributed by atoms with Crippen LogP contribution in [0.25, 0.3) is 0 Å². The van der Waals surface area contributed by atoms with Crippen molar-refractivity contribution in [1.82, 2.24) is 4.72 Å². The van der Waals surface area contributed by atoms with Crippen molar-refractivity contribution < 1.29 is 18.3 Å². The zero-order chi connectivity index (χ0) is 14.6. The fourth-order valence-electron chi connectivity index (χ4n) is 1.92. The van der Waals surface area contributed by atoms with Crippen molar-refractivity contribution in [3.63, 3.8) is 0 Å². The van der Waals surface area contributed by atoms with E-state index in [1.165, 1.54) is 12.1 Å². The molecule has 2 rings (SSSR count). The van der Waals surface area contributed by atoms with Crippen molar-refractivity contribution in [3.05, 3.63) is 24.3 Å². The maximum atomic E-state index is 11.9. The number of sulfonamides is 1. The number of hydrogen-bond donors (Lipinski definition) is 3. The number of carbonyl (C=O) groups excluding carboxylic acids is 1. The molecule has 0 bridgehead atoms. The lowest BCUT2D eigenvalue weighted by atomic mass is 9.85. The summed E-state index contributed by atoms with van der Waals surface area (Å²) >= 11 is 0. The Bertz CT molecular complexity index is 582. The molecule has 7 heteroatoms. The normalized spacial score (nSPS) is 15.7. The Morgan fingerprint density at radius 3 is 2.70 bits per heavy atom. The van der Waals surface area contributed by atoms with Gasteiger partial charge in [-0.2, -0.15) is 0 Å². The Morgan fingerprint density at radius 1 is 1.35 bits per heavy atom. The summed E-state index contributed by atoms with van der Waals surface area (Å²) in [7, 11) is -3.65. The summed E-state index contributed by atoms with van der Waals surface area (Å²) in [6.07, 6.45) is 2.85. The van der Waals surface area contributed by atoms with E-state index >= 15 is 0 Å². The number of benzene rings is 1. The van der Waals surface area contributed by atoms with Gasteiger partial charge < -0.3 is 10.4 Å². The first kappa shape index (κ1) is 15.0. The largest absolute Gasteiger partial charge is 0.395 e. The lowest BCUT2D eigenvalue weighted by Gasteiger charge is -2.24. The van der Waals surface area contributed by atoms with Crippen molar-refractivity contribution in [2.45, 2.75) is 24.2 Å². The molecule has 1 amide bonds. The molecule has 0 aromatic heterocycles. The minimum Gasteiger partial charge on any atom is -0.395 e. The second kappa shape index (κ2) is 6.34. The number of nitrogens with one attached hydrogen (secondary N) is 2. The van der Waals surface area contributed by atoms with Gasteiger partial charge in [0.15, 0.2) is 0 Å². The van der Waals surface area contributed by atoms with E-state index in [-0.39, 0.29) is 29.9 Å². The van der Waals surface area contributed by atoms with Gasteiger partial charge in [-0.3, -0.25) is 4.79 Å². The highest BCUT2D eigenvalue weighted by molar-refractivity contribution is 7.89. The fourth-order valence-corrected chi connectivity index (χ4v) is 2.99. The van der Waals surface area contributed by atoms with Crippen LogP contribution >= 0.6 is 0 Å². The topological polar surface area (TPSA) is 95.5 Å². The lowest BCUT2D eigenvalue weighted by Crippen LogP contribution is -2.28. The van der Waals surface area contributed by atoms with Gasteiger partial charge in [0.05, 0.1) is 11.5 Å². The molecule has 0 saturated heterocycles. The summed E-state index contributed by atoms with van der Waals surface area (Å²) in [5, 5.41) is 11.4. The summed E-state index contributed by atoms with van der Waals surface area (Å²) in [6.45, 7) is -0.307. The van der Waals surface area contributed by atoms with Crippen LogP contribution in [0.4, 0.5) is 5.69 Å². The maximum Gasteiger partial charge on any atom is 0.240 e. The quantitative estimate of drug-likeness (QED) is 0.720. The highest BCUT2D eigenvalue weighted by Crippen LogP contribution is 2.27. The Labute approximate surface area is 118 Å². The zero-order valence-corrected chi connectivity index (χ0v) is 11.8. The summed E-state index contributed by atoms with van der Waals surface area (Å²) < 4.78 is 26.1. The van der Waals surface area contributed by atoms with Crippen LogP contribution in [-0.4, -0.2) is 32.6 Å². The predicted octanol–water partition coefficient (Wildman–Crippen LogP) is 0.696. The van der Waals surface area contributed by atoms with Crippen molar-refractivity contribution in [1.29, 1.82) is 0 Å². The molecule has 1 fully saturated rings. The van der Waals surface area contributed by atoms with E-state index in [1.54, 1.807) is 12.1 Å². The molecule has 0 unspecified atom stereocenters. The third-order valence-electron chi connectivity index (χ3n) is 3.29. The first-order chi connectivity index (χ1) is 9.53. The van der Waals surface area contributed by atoms with Crippen LogP contribution in [-0.2, 0) is 14.8 Å². The summed E-state index contributed by atoms with van der Waals surface area (Å²) in [5.74, 6) is -0.0168. The van der Waals surface area contributed by atoms with E-state index in [1.807, 2.05) is 0 Å². The molecule has 110 valence electrons. The maximum absolute atomic E-state index is 11.9. The molecular formula is C13H18N2O4S. The summed E-state index contributed by atoms with van der Waals surface area (Å²) in [6, 6.07) is 6.08. The van der Waals surface area contributed by atoms with Gasteiger partial charge in [0.25, 0.3) is 0 Å². The smallest absolute Gasteiger partial charge is 0.240 e. The Morgan fingerprint density at radius 2 is 2.10 bits per heavy atom. The van der Waals surface area contributed by atoms with Gasteiger partial charge in [-0.05, 0) is 31.0 Å². The number of amides is 1. The third-order valence-corrected chi connectivity index (χ3v) is 4.75. The van der Waals surface area contributed by atoms with Crippen LogP contribution in [0.2, 0.25) is 0 Å². The standard InChI is InChI=1S/C13H18N2O4S/c16-8-7-14-20(18,19)12-6-2-5-11(9-12)15-13(17)10-3-1-4-10/h2,5-6,9-10,14,16H,1,3-4,7-8H2,(H,15,17). The fraction of sp³-hybridized carbons (Fsp3) is 0.462. The zero-order valence-electron chi connectivity index (χ0n) is 11.0. The number of anilines is 1. The molecule has 0 spiro atoms. The van der Waals surface area contributed by atoms with Crippen LogP contribution < -0.4 is 10.0 Å². The minimum absolute atomic E-state index is 0.0407. The lowest BCUT2D eigenvalue weighted by molar-refractivity contribution is -0.122. The van der Waals surface area contributed by atoms with E-state index in [0.717, 1.165) is 19.3 Å². The molecule has 1 aromatic carbocycles. The number of rotatable bonds is 6. The van der Waals surface area contributed by atoms with Crippen LogP contribution in [0.15, 0.2) is 29.2 Å². The van der Waals surface area contributed by atoms with Gasteiger partial charge in [0, 0.05) is 18.2 Å². The van der Waals surface area contributed by atoms with Crippen molar-refractivity contribution >= 4 is 21.6 Å². The Balaban J connectivity index is 2.09. The number of carbonyl (C=O) groups is 1. The van der Waals surface area contributed by atoms with Crippen LogP contribution in [0.5, 0.6) is 0 Å². The van der Waals surface area contributed by atoms with Crippen LogP contribution in [0.1, 0.15) is 19.3 Å². The van der Waals surface area contributed by atoms with Gasteiger partial charge in [0.1, 0.15) is 0 Å². The molecule has 1 aliphatic rings. The highest BCUT2D eigenvalue weighted by atomic mass is 32.2. The first-order valence-corrected chi connectivity index (χ1v) is 8.03. The molecule has 1 aromatic rings. The summed E-state index contributed by atoms with van der Waals surface area (Å²) in [4.78, 5) is 11.9. The predicted molar refractivity (Wildman–Crippen MR) is 74.7 cm³/mol. The Hall–Kier alpha value is -1.44. The van der Waals surface area contributed by atoms with E-state index in [2.05, 4.69) is 10.0 Å². The van der Waals surface area contributed by atoms with Gasteiger partial charge in [0.2, 0.25) is 15.9 Å². The highest BCUT2D eigenvalue weighted by Gasteiger charge is 2.25. The van der Waals surface area contributed by atoms with Crippen molar-refractivity contribution in [2.24, 2.45) is 5.92 Å². The molecule has 3 N–H and O–H groups in total. The van der Waals surface area contributed by atoms with Gasteiger partial charge in [-0.1, -0.05) is 12.5 Å². The van der Waals surface area contributed by atoms with E-state index in [0.29, 0.717) is 5.69 Å². The van der Waals surface area contributed by atoms with E-state index in [4.69, 9.17) is 5.11 Å². The monoisotopic (exact) mass is 298 g/mol. The molecule has 0 aliphatic heterocycles. The average molecular weight is 298 g/mol. The SMILES string of the molecule is O=C(Nc1cccc(S(=O)(=O)NCCO)c1)C1CCC1. The molecule has 6 nitrogen and oxygen atoms in total. The first-order valence-electron chi connectivity index (χ1n) is 6.54. The van der Waals surface area contributed by atoms with Crippen LogP contribution in [0, 0.1) is 5.92 Å². The summed E-state index contributed by atoms with van der Waals surface area (Å²) in [5.41, 5.74) is 0.466. The van der Waals surface area contributed by atoms with Gasteiger partial charge in [-0.15, -0.1) is 0 Å². The van der Waals surface area contributed by atoms with Crippen molar-refractivity contribution in [3.8, 4) is 0 Å². The Kier molecular flexibility index (Phi) is 4.74. The molecule has 1 saturated carbocycles. The molecule has 1 aliphatic carbocycles. The van der Waals surface area contributed by atoms with Crippen molar-refractivity contribution in [2.75, 3.05) is 18.5 Å². The minimum atomic E-state index is -3.65. The molecule has 0 atom stereocenters. The van der Waals surface area contributed by atoms with Crippen LogP contribution in [0.3, 0.4) is 0 Å². The number of aliphatic hydroxyl groups excluding tert-OH is 1. The third kappa shape index (κ3) is 3.56. The number of hydrogen-bond acceptors (Lipinski definition) is 4. The second-order valence-corrected chi connectivity index (χ2v) is 6.53. The van der Waals surface area contributed by atoms with Gasteiger partial charge >= 0.3 is 0 Å².